The number of aliphatic carboxylic acids is 1. The first-order chi connectivity index (χ1) is 9.38. The molecule has 106 valence electrons. The molecule has 0 spiro atoms. The van der Waals surface area contributed by atoms with E-state index >= 15 is 0 Å². The maximum Gasteiger partial charge on any atom is 0.311 e. The van der Waals surface area contributed by atoms with Crippen LogP contribution in [0.4, 0.5) is 0 Å². The minimum Gasteiger partial charge on any atom is -0.481 e. The van der Waals surface area contributed by atoms with Crippen LogP contribution < -0.4 is 0 Å². The molecule has 1 aromatic heterocycles. The second-order valence-corrected chi connectivity index (χ2v) is 5.31. The Morgan fingerprint density at radius 2 is 2.05 bits per heavy atom. The van der Waals surface area contributed by atoms with Crippen molar-refractivity contribution in [3.05, 3.63) is 41.0 Å². The van der Waals surface area contributed by atoms with Crippen LogP contribution in [0.3, 0.4) is 0 Å². The van der Waals surface area contributed by atoms with Crippen LogP contribution in [-0.4, -0.2) is 25.8 Å². The zero-order valence-corrected chi connectivity index (χ0v) is 12.2. The van der Waals surface area contributed by atoms with Crippen LogP contribution in [0.2, 0.25) is 0 Å². The molecule has 5 nitrogen and oxygen atoms in total. The number of carboxylic acids is 1. The van der Waals surface area contributed by atoms with Crippen molar-refractivity contribution in [3.8, 4) is 5.69 Å². The Morgan fingerprint density at radius 1 is 1.35 bits per heavy atom. The minimum atomic E-state index is -0.903. The van der Waals surface area contributed by atoms with Gasteiger partial charge >= 0.3 is 5.97 Å². The highest BCUT2D eigenvalue weighted by Gasteiger charge is 2.17. The van der Waals surface area contributed by atoms with Gasteiger partial charge in [0.05, 0.1) is 5.69 Å². The lowest BCUT2D eigenvalue weighted by Crippen LogP contribution is -2.10. The standard InChI is InChI=1S/C15H19N3O2/c1-9(2)15-16-13(8-14(19)20)18(17-15)12-7-10(3)5-6-11(12)4/h5-7,9H,8H2,1-4H3,(H,19,20). The molecule has 0 aliphatic heterocycles. The predicted octanol–water partition coefficient (Wildman–Crippen LogP) is 2.63. The number of hydrogen-bond acceptors (Lipinski definition) is 3. The molecule has 0 amide bonds. The van der Waals surface area contributed by atoms with Crippen molar-refractivity contribution in [3.63, 3.8) is 0 Å². The number of nitrogens with zero attached hydrogens (tertiary/aromatic N) is 3. The smallest absolute Gasteiger partial charge is 0.311 e. The van der Waals surface area contributed by atoms with E-state index in [0.717, 1.165) is 16.8 Å². The van der Waals surface area contributed by atoms with Crippen molar-refractivity contribution < 1.29 is 9.90 Å². The SMILES string of the molecule is Cc1ccc(C)c(-n2nc(C(C)C)nc2CC(=O)O)c1. The highest BCUT2D eigenvalue weighted by atomic mass is 16.4. The molecule has 20 heavy (non-hydrogen) atoms. The lowest BCUT2D eigenvalue weighted by Gasteiger charge is -2.09. The molecule has 1 N–H and O–H groups in total. The largest absolute Gasteiger partial charge is 0.481 e. The molecule has 0 radical (unpaired) electrons. The summed E-state index contributed by atoms with van der Waals surface area (Å²) in [7, 11) is 0. The van der Waals surface area contributed by atoms with Gasteiger partial charge in [-0.1, -0.05) is 26.0 Å². The summed E-state index contributed by atoms with van der Waals surface area (Å²) in [6.07, 6.45) is -0.132. The zero-order chi connectivity index (χ0) is 14.9. The molecule has 2 rings (SSSR count). The van der Waals surface area contributed by atoms with Gasteiger partial charge in [0.1, 0.15) is 12.2 Å². The summed E-state index contributed by atoms with van der Waals surface area (Å²) >= 11 is 0. The second-order valence-electron chi connectivity index (χ2n) is 5.31. The summed E-state index contributed by atoms with van der Waals surface area (Å²) in [5.41, 5.74) is 3.04. The molecule has 1 heterocycles. The fraction of sp³-hybridized carbons (Fsp3) is 0.400. The van der Waals surface area contributed by atoms with Crippen molar-refractivity contribution >= 4 is 5.97 Å². The van der Waals surface area contributed by atoms with Crippen LogP contribution in [0.1, 0.15) is 42.5 Å². The summed E-state index contributed by atoms with van der Waals surface area (Å²) in [4.78, 5) is 15.4. The number of hydrogen-bond donors (Lipinski definition) is 1. The molecule has 0 unspecified atom stereocenters. The lowest BCUT2D eigenvalue weighted by molar-refractivity contribution is -0.136. The number of aromatic nitrogens is 3. The molecule has 0 saturated heterocycles. The van der Waals surface area contributed by atoms with E-state index in [1.54, 1.807) is 4.68 Å². The van der Waals surface area contributed by atoms with E-state index in [2.05, 4.69) is 10.1 Å². The molecule has 0 saturated carbocycles. The van der Waals surface area contributed by atoms with Crippen molar-refractivity contribution in [2.75, 3.05) is 0 Å². The molecular weight excluding hydrogens is 254 g/mol. The average Bonchev–Trinajstić information content (AvgIpc) is 2.75. The van der Waals surface area contributed by atoms with Crippen molar-refractivity contribution in [1.82, 2.24) is 14.8 Å². The van der Waals surface area contributed by atoms with Crippen LogP contribution in [0.5, 0.6) is 0 Å². The Balaban J connectivity index is 2.58. The highest BCUT2D eigenvalue weighted by molar-refractivity contribution is 5.69. The first-order valence-electron chi connectivity index (χ1n) is 6.63. The Kier molecular flexibility index (Phi) is 3.88. The van der Waals surface area contributed by atoms with Crippen molar-refractivity contribution in [2.45, 2.75) is 40.0 Å². The molecular formula is C15H19N3O2. The lowest BCUT2D eigenvalue weighted by atomic mass is 10.1. The predicted molar refractivity (Wildman–Crippen MR) is 76.3 cm³/mol. The summed E-state index contributed by atoms with van der Waals surface area (Å²) in [5, 5.41) is 13.5. The van der Waals surface area contributed by atoms with Gasteiger partial charge in [0, 0.05) is 5.92 Å². The Hall–Kier alpha value is -2.17. The van der Waals surface area contributed by atoms with Gasteiger partial charge in [0.2, 0.25) is 0 Å². The Morgan fingerprint density at radius 3 is 2.65 bits per heavy atom. The van der Waals surface area contributed by atoms with Gasteiger partial charge in [-0.2, -0.15) is 5.10 Å². The molecule has 1 aromatic carbocycles. The second kappa shape index (κ2) is 5.45. The molecule has 0 aliphatic rings. The number of carbonyl (C=O) groups is 1. The zero-order valence-electron chi connectivity index (χ0n) is 12.2. The summed E-state index contributed by atoms with van der Waals surface area (Å²) in [6, 6.07) is 6.03. The average molecular weight is 273 g/mol. The van der Waals surface area contributed by atoms with E-state index in [4.69, 9.17) is 5.11 Å². The fourth-order valence-electron chi connectivity index (χ4n) is 2.00. The number of rotatable bonds is 4. The van der Waals surface area contributed by atoms with Gasteiger partial charge in [-0.3, -0.25) is 4.79 Å². The van der Waals surface area contributed by atoms with E-state index in [-0.39, 0.29) is 12.3 Å². The molecule has 0 atom stereocenters. The summed E-state index contributed by atoms with van der Waals surface area (Å²) < 4.78 is 1.66. The van der Waals surface area contributed by atoms with E-state index < -0.39 is 5.97 Å². The van der Waals surface area contributed by atoms with Crippen LogP contribution in [0.15, 0.2) is 18.2 Å². The van der Waals surface area contributed by atoms with Crippen LogP contribution >= 0.6 is 0 Å². The Bertz CT molecular complexity index is 645. The highest BCUT2D eigenvalue weighted by Crippen LogP contribution is 2.19. The van der Waals surface area contributed by atoms with Gasteiger partial charge < -0.3 is 5.11 Å². The van der Waals surface area contributed by atoms with E-state index in [1.165, 1.54) is 0 Å². The topological polar surface area (TPSA) is 68.0 Å². The molecule has 0 bridgehead atoms. The third kappa shape index (κ3) is 2.87. The quantitative estimate of drug-likeness (QED) is 0.929. The number of carboxylic acid groups (broad SMARTS) is 1. The Labute approximate surface area is 118 Å². The van der Waals surface area contributed by atoms with Gasteiger partial charge in [0.25, 0.3) is 0 Å². The number of aryl methyl sites for hydroxylation is 2. The normalized spacial score (nSPS) is 11.1. The van der Waals surface area contributed by atoms with Gasteiger partial charge in [-0.15, -0.1) is 0 Å². The van der Waals surface area contributed by atoms with Crippen molar-refractivity contribution in [2.24, 2.45) is 0 Å². The third-order valence-corrected chi connectivity index (χ3v) is 3.11. The minimum absolute atomic E-state index is 0.132. The van der Waals surface area contributed by atoms with Gasteiger partial charge in [-0.05, 0) is 31.0 Å². The monoisotopic (exact) mass is 273 g/mol. The molecule has 0 aliphatic carbocycles. The summed E-state index contributed by atoms with van der Waals surface area (Å²) in [5.74, 6) is 0.394. The van der Waals surface area contributed by atoms with Crippen LogP contribution in [-0.2, 0) is 11.2 Å². The first kappa shape index (κ1) is 14.2. The molecule has 2 aromatic rings. The van der Waals surface area contributed by atoms with Crippen LogP contribution in [0.25, 0.3) is 5.69 Å². The third-order valence-electron chi connectivity index (χ3n) is 3.11. The maximum atomic E-state index is 11.0. The van der Waals surface area contributed by atoms with Crippen molar-refractivity contribution in [1.29, 1.82) is 0 Å². The van der Waals surface area contributed by atoms with Gasteiger partial charge in [-0.25, -0.2) is 9.67 Å². The fourth-order valence-corrected chi connectivity index (χ4v) is 2.00. The molecule has 0 fully saturated rings. The maximum absolute atomic E-state index is 11.0. The van der Waals surface area contributed by atoms with E-state index in [1.807, 2.05) is 45.9 Å². The first-order valence-corrected chi connectivity index (χ1v) is 6.63. The number of benzene rings is 1. The van der Waals surface area contributed by atoms with Crippen LogP contribution in [0, 0.1) is 13.8 Å². The van der Waals surface area contributed by atoms with E-state index in [0.29, 0.717) is 11.6 Å². The van der Waals surface area contributed by atoms with Gasteiger partial charge in [0.15, 0.2) is 5.82 Å². The molecule has 5 heteroatoms. The summed E-state index contributed by atoms with van der Waals surface area (Å²) in [6.45, 7) is 7.97. The van der Waals surface area contributed by atoms with E-state index in [9.17, 15) is 4.79 Å².